The van der Waals surface area contributed by atoms with Crippen molar-refractivity contribution in [2.24, 2.45) is 0 Å². The van der Waals surface area contributed by atoms with Crippen LogP contribution in [0.3, 0.4) is 0 Å². The first-order chi connectivity index (χ1) is 9.52. The van der Waals surface area contributed by atoms with Crippen molar-refractivity contribution in [1.82, 2.24) is 15.0 Å². The van der Waals surface area contributed by atoms with Gasteiger partial charge in [0.15, 0.2) is 11.4 Å². The van der Waals surface area contributed by atoms with Gasteiger partial charge in [0.2, 0.25) is 5.43 Å². The molecule has 0 bridgehead atoms. The Bertz CT molecular complexity index is 689. The average Bonchev–Trinajstić information content (AvgIpc) is 2.78. The van der Waals surface area contributed by atoms with Crippen molar-refractivity contribution in [1.29, 1.82) is 0 Å². The van der Waals surface area contributed by atoms with Crippen LogP contribution in [0.1, 0.15) is 35.3 Å². The highest BCUT2D eigenvalue weighted by atomic mass is 16.4. The van der Waals surface area contributed by atoms with Gasteiger partial charge in [-0.3, -0.25) is 4.79 Å². The van der Waals surface area contributed by atoms with E-state index in [9.17, 15) is 9.59 Å². The molecule has 2 N–H and O–H groups in total. The predicted octanol–water partition coefficient (Wildman–Crippen LogP) is 0.636. The Kier molecular flexibility index (Phi) is 3.83. The van der Waals surface area contributed by atoms with Gasteiger partial charge in [0.05, 0.1) is 5.69 Å². The van der Waals surface area contributed by atoms with Crippen LogP contribution in [-0.4, -0.2) is 31.2 Å². The first-order valence-electron chi connectivity index (χ1n) is 5.99. The molecular formula is C12H13N3O5. The Labute approximate surface area is 113 Å². The molecule has 0 aliphatic heterocycles. The molecule has 2 aromatic heterocycles. The number of carboxylic acids is 1. The minimum absolute atomic E-state index is 0.0745. The zero-order valence-electron chi connectivity index (χ0n) is 10.7. The minimum Gasteiger partial charge on any atom is -0.502 e. The van der Waals surface area contributed by atoms with Crippen LogP contribution in [0, 0.1) is 0 Å². The Morgan fingerprint density at radius 3 is 2.85 bits per heavy atom. The lowest BCUT2D eigenvalue weighted by atomic mass is 10.2. The first kappa shape index (κ1) is 13.8. The van der Waals surface area contributed by atoms with Crippen molar-refractivity contribution in [2.45, 2.75) is 26.3 Å². The van der Waals surface area contributed by atoms with Crippen molar-refractivity contribution >= 4 is 5.97 Å². The summed E-state index contributed by atoms with van der Waals surface area (Å²) in [5.41, 5.74) is -0.203. The fourth-order valence-corrected chi connectivity index (χ4v) is 1.78. The van der Waals surface area contributed by atoms with Crippen LogP contribution in [0.15, 0.2) is 21.5 Å². The van der Waals surface area contributed by atoms with E-state index < -0.39 is 17.1 Å². The van der Waals surface area contributed by atoms with Crippen LogP contribution in [0.5, 0.6) is 5.75 Å². The molecule has 0 aliphatic rings. The Hall–Kier alpha value is -2.64. The summed E-state index contributed by atoms with van der Waals surface area (Å²) in [6.07, 6.45) is 2.16. The fourth-order valence-electron chi connectivity index (χ4n) is 1.78. The van der Waals surface area contributed by atoms with E-state index in [1.165, 1.54) is 4.68 Å². The number of rotatable bonds is 5. The highest BCUT2D eigenvalue weighted by Gasteiger charge is 2.18. The number of aromatic carboxylic acids is 1. The number of carbonyl (C=O) groups is 1. The zero-order valence-corrected chi connectivity index (χ0v) is 10.7. The molecule has 106 valence electrons. The average molecular weight is 279 g/mol. The number of hydrogen-bond donors (Lipinski definition) is 2. The van der Waals surface area contributed by atoms with Crippen LogP contribution >= 0.6 is 0 Å². The lowest BCUT2D eigenvalue weighted by Gasteiger charge is -2.05. The topological polar surface area (TPSA) is 118 Å². The van der Waals surface area contributed by atoms with Gasteiger partial charge in [-0.15, -0.1) is 5.10 Å². The van der Waals surface area contributed by atoms with E-state index >= 15 is 0 Å². The molecule has 0 aromatic carbocycles. The van der Waals surface area contributed by atoms with E-state index in [0.717, 1.165) is 18.8 Å². The summed E-state index contributed by atoms with van der Waals surface area (Å²) in [7, 11) is 0. The molecular weight excluding hydrogens is 266 g/mol. The molecule has 20 heavy (non-hydrogen) atoms. The molecule has 0 radical (unpaired) electrons. The third-order valence-corrected chi connectivity index (χ3v) is 2.70. The first-order valence-corrected chi connectivity index (χ1v) is 5.99. The molecule has 8 heteroatoms. The van der Waals surface area contributed by atoms with E-state index in [4.69, 9.17) is 14.6 Å². The summed E-state index contributed by atoms with van der Waals surface area (Å²) in [5.74, 6) is -1.37. The summed E-state index contributed by atoms with van der Waals surface area (Å²) in [4.78, 5) is 22.3. The van der Waals surface area contributed by atoms with Gasteiger partial charge in [0.1, 0.15) is 18.6 Å². The molecule has 0 saturated heterocycles. The largest absolute Gasteiger partial charge is 0.502 e. The molecule has 0 amide bonds. The molecule has 0 aliphatic carbocycles. The quantitative estimate of drug-likeness (QED) is 0.824. The highest BCUT2D eigenvalue weighted by Crippen LogP contribution is 2.12. The third-order valence-electron chi connectivity index (χ3n) is 2.70. The summed E-state index contributed by atoms with van der Waals surface area (Å²) >= 11 is 0. The number of aromatic hydroxyl groups is 1. The summed E-state index contributed by atoms with van der Waals surface area (Å²) in [6.45, 7) is 1.98. The lowest BCUT2D eigenvalue weighted by molar-refractivity contribution is 0.0689. The van der Waals surface area contributed by atoms with Crippen molar-refractivity contribution in [3.05, 3.63) is 39.7 Å². The van der Waals surface area contributed by atoms with Gasteiger partial charge in [-0.2, -0.15) is 0 Å². The number of nitrogens with zero attached hydrogens (tertiary/aromatic N) is 3. The van der Waals surface area contributed by atoms with Gasteiger partial charge >= 0.3 is 5.97 Å². The van der Waals surface area contributed by atoms with Crippen molar-refractivity contribution in [3.63, 3.8) is 0 Å². The van der Waals surface area contributed by atoms with E-state index in [-0.39, 0.29) is 18.0 Å². The number of hydrogen-bond acceptors (Lipinski definition) is 6. The van der Waals surface area contributed by atoms with E-state index in [1.807, 2.05) is 6.92 Å². The van der Waals surface area contributed by atoms with Crippen LogP contribution in [-0.2, 0) is 13.0 Å². The molecule has 0 atom stereocenters. The summed E-state index contributed by atoms with van der Waals surface area (Å²) in [6, 6.07) is 1.13. The third kappa shape index (κ3) is 2.68. The minimum atomic E-state index is -1.15. The second-order valence-corrected chi connectivity index (χ2v) is 4.19. The van der Waals surface area contributed by atoms with Gasteiger partial charge < -0.3 is 14.6 Å². The second kappa shape index (κ2) is 5.55. The predicted molar refractivity (Wildman–Crippen MR) is 66.7 cm³/mol. The van der Waals surface area contributed by atoms with Gasteiger partial charge in [-0.25, -0.2) is 9.48 Å². The number of carboxylic acid groups (broad SMARTS) is 1. The maximum absolute atomic E-state index is 11.3. The standard InChI is InChI=1S/C12H13N3O5/c1-2-3-8-11(12(18)19)13-14-15(8)5-7-4-9(16)10(17)6-20-7/h4,6,17H,2-3,5H2,1H3,(H,18,19). The molecule has 0 spiro atoms. The van der Waals surface area contributed by atoms with Crippen molar-refractivity contribution in [3.8, 4) is 5.75 Å². The van der Waals surface area contributed by atoms with Gasteiger partial charge in [0.25, 0.3) is 0 Å². The van der Waals surface area contributed by atoms with E-state index in [1.54, 1.807) is 0 Å². The monoisotopic (exact) mass is 279 g/mol. The molecule has 0 unspecified atom stereocenters. The number of aromatic nitrogens is 3. The normalized spacial score (nSPS) is 10.7. The molecule has 2 aromatic rings. The van der Waals surface area contributed by atoms with Crippen LogP contribution < -0.4 is 5.43 Å². The van der Waals surface area contributed by atoms with Crippen molar-refractivity contribution in [2.75, 3.05) is 0 Å². The van der Waals surface area contributed by atoms with Crippen LogP contribution in [0.2, 0.25) is 0 Å². The summed E-state index contributed by atoms with van der Waals surface area (Å²) in [5, 5.41) is 25.5. The Balaban J connectivity index is 2.35. The zero-order chi connectivity index (χ0) is 14.7. The SMILES string of the molecule is CCCc1c(C(=O)O)nnn1Cc1cc(=O)c(O)co1. The molecule has 0 fully saturated rings. The molecule has 2 rings (SSSR count). The van der Waals surface area contributed by atoms with E-state index in [0.29, 0.717) is 12.1 Å². The van der Waals surface area contributed by atoms with Crippen molar-refractivity contribution < 1.29 is 19.4 Å². The fraction of sp³-hybridized carbons (Fsp3) is 0.333. The Morgan fingerprint density at radius 1 is 1.50 bits per heavy atom. The maximum atomic E-state index is 11.3. The molecule has 2 heterocycles. The van der Waals surface area contributed by atoms with Gasteiger partial charge in [-0.05, 0) is 6.42 Å². The van der Waals surface area contributed by atoms with Gasteiger partial charge in [0, 0.05) is 6.07 Å². The second-order valence-electron chi connectivity index (χ2n) is 4.19. The van der Waals surface area contributed by atoms with Crippen LogP contribution in [0.4, 0.5) is 0 Å². The molecule has 8 nitrogen and oxygen atoms in total. The van der Waals surface area contributed by atoms with Crippen LogP contribution in [0.25, 0.3) is 0 Å². The lowest BCUT2D eigenvalue weighted by Crippen LogP contribution is -2.11. The maximum Gasteiger partial charge on any atom is 0.358 e. The summed E-state index contributed by atoms with van der Waals surface area (Å²) < 4.78 is 6.44. The Morgan fingerprint density at radius 2 is 2.25 bits per heavy atom. The molecule has 0 saturated carbocycles. The smallest absolute Gasteiger partial charge is 0.358 e. The highest BCUT2D eigenvalue weighted by molar-refractivity contribution is 5.86. The van der Waals surface area contributed by atoms with Gasteiger partial charge in [-0.1, -0.05) is 18.6 Å². The van der Waals surface area contributed by atoms with E-state index in [2.05, 4.69) is 10.3 Å².